The van der Waals surface area contributed by atoms with E-state index in [0.29, 0.717) is 5.56 Å². The van der Waals surface area contributed by atoms with Gasteiger partial charge in [-0.1, -0.05) is 73.1 Å². The van der Waals surface area contributed by atoms with Crippen molar-refractivity contribution in [3.8, 4) is 0 Å². The van der Waals surface area contributed by atoms with E-state index in [4.69, 9.17) is 0 Å². The fourth-order valence-electron chi connectivity index (χ4n) is 3.23. The number of aromatic nitrogens is 3. The largest absolute Gasteiger partial charge is 0.342 e. The Kier molecular flexibility index (Phi) is 7.32. The highest BCUT2D eigenvalue weighted by molar-refractivity contribution is 7.98. The fourth-order valence-corrected chi connectivity index (χ4v) is 4.19. The first-order valence-electron chi connectivity index (χ1n) is 10.4. The van der Waals surface area contributed by atoms with Crippen LogP contribution in [0.15, 0.2) is 53.7 Å². The molecule has 0 aliphatic rings. The van der Waals surface area contributed by atoms with Gasteiger partial charge in [-0.05, 0) is 44.4 Å². The Morgan fingerprint density at radius 2 is 1.60 bits per heavy atom. The zero-order valence-electron chi connectivity index (χ0n) is 18.3. The van der Waals surface area contributed by atoms with E-state index in [-0.39, 0.29) is 17.9 Å². The average Bonchev–Trinajstić information content (AvgIpc) is 3.14. The second-order valence-corrected chi connectivity index (χ2v) is 8.86. The summed E-state index contributed by atoms with van der Waals surface area (Å²) in [6.07, 6.45) is 0. The number of hydrogen-bond acceptors (Lipinski definition) is 4. The molecule has 158 valence electrons. The fraction of sp³-hybridized carbons (Fsp3) is 0.375. The summed E-state index contributed by atoms with van der Waals surface area (Å²) in [7, 11) is 0. The van der Waals surface area contributed by atoms with Gasteiger partial charge in [-0.25, -0.2) is 0 Å². The molecule has 1 amide bonds. The SMILES string of the molecule is CCn1c(SCc2ccc(C)cc2)nnc1[C@H](NC(=O)c1ccc(C)cc1)C(C)C. The molecule has 0 saturated heterocycles. The molecule has 3 rings (SSSR count). The molecule has 1 aromatic heterocycles. The molecular formula is C24H30N4OS. The molecule has 0 aliphatic carbocycles. The quantitative estimate of drug-likeness (QED) is 0.498. The zero-order valence-corrected chi connectivity index (χ0v) is 19.2. The summed E-state index contributed by atoms with van der Waals surface area (Å²) in [6.45, 7) is 11.1. The Hall–Kier alpha value is -2.60. The molecule has 0 spiro atoms. The van der Waals surface area contributed by atoms with Crippen LogP contribution >= 0.6 is 11.8 Å². The van der Waals surface area contributed by atoms with Gasteiger partial charge in [0.25, 0.3) is 5.91 Å². The molecule has 6 heteroatoms. The number of nitrogens with one attached hydrogen (secondary N) is 1. The molecule has 1 heterocycles. The minimum absolute atomic E-state index is 0.0896. The molecule has 0 radical (unpaired) electrons. The van der Waals surface area contributed by atoms with Gasteiger partial charge in [0.1, 0.15) is 0 Å². The number of amides is 1. The van der Waals surface area contributed by atoms with Crippen molar-refractivity contribution in [1.82, 2.24) is 20.1 Å². The van der Waals surface area contributed by atoms with Gasteiger partial charge in [-0.15, -0.1) is 10.2 Å². The summed E-state index contributed by atoms with van der Waals surface area (Å²) >= 11 is 1.67. The number of rotatable bonds is 8. The van der Waals surface area contributed by atoms with Gasteiger partial charge < -0.3 is 9.88 Å². The van der Waals surface area contributed by atoms with Gasteiger partial charge in [0.05, 0.1) is 6.04 Å². The van der Waals surface area contributed by atoms with Crippen LogP contribution in [0, 0.1) is 19.8 Å². The van der Waals surface area contributed by atoms with Gasteiger partial charge >= 0.3 is 0 Å². The van der Waals surface area contributed by atoms with Crippen molar-refractivity contribution in [2.75, 3.05) is 0 Å². The van der Waals surface area contributed by atoms with Crippen LogP contribution in [-0.4, -0.2) is 20.7 Å². The Morgan fingerprint density at radius 3 is 2.17 bits per heavy atom. The van der Waals surface area contributed by atoms with Gasteiger partial charge in [-0.2, -0.15) is 0 Å². The van der Waals surface area contributed by atoms with E-state index in [1.807, 2.05) is 31.2 Å². The highest BCUT2D eigenvalue weighted by Gasteiger charge is 2.26. The predicted molar refractivity (Wildman–Crippen MR) is 123 cm³/mol. The van der Waals surface area contributed by atoms with Crippen molar-refractivity contribution in [3.05, 3.63) is 76.6 Å². The maximum Gasteiger partial charge on any atom is 0.251 e. The molecule has 3 aromatic rings. The number of thioether (sulfide) groups is 1. The number of carbonyl (C=O) groups excluding carboxylic acids is 1. The van der Waals surface area contributed by atoms with Crippen LogP contribution in [0.1, 0.15) is 59.7 Å². The number of carbonyl (C=O) groups is 1. The summed E-state index contributed by atoms with van der Waals surface area (Å²) in [6, 6.07) is 16.0. The summed E-state index contributed by atoms with van der Waals surface area (Å²) in [4.78, 5) is 12.8. The first-order valence-corrected chi connectivity index (χ1v) is 11.4. The van der Waals surface area contributed by atoms with Gasteiger partial charge in [0.2, 0.25) is 0 Å². The van der Waals surface area contributed by atoms with E-state index in [2.05, 4.69) is 72.0 Å². The lowest BCUT2D eigenvalue weighted by molar-refractivity contribution is 0.0922. The third-order valence-electron chi connectivity index (χ3n) is 5.10. The maximum atomic E-state index is 12.8. The average molecular weight is 423 g/mol. The lowest BCUT2D eigenvalue weighted by Crippen LogP contribution is -2.33. The molecule has 0 saturated carbocycles. The number of nitrogens with zero attached hydrogens (tertiary/aromatic N) is 3. The first kappa shape index (κ1) is 22.1. The van der Waals surface area contributed by atoms with Crippen molar-refractivity contribution in [1.29, 1.82) is 0 Å². The third-order valence-corrected chi connectivity index (χ3v) is 6.13. The normalized spacial score (nSPS) is 12.2. The van der Waals surface area contributed by atoms with Crippen LogP contribution in [0.2, 0.25) is 0 Å². The van der Waals surface area contributed by atoms with Gasteiger partial charge in [0.15, 0.2) is 11.0 Å². The van der Waals surface area contributed by atoms with E-state index in [1.165, 1.54) is 11.1 Å². The summed E-state index contributed by atoms with van der Waals surface area (Å²) in [5.74, 6) is 1.73. The van der Waals surface area contributed by atoms with E-state index >= 15 is 0 Å². The molecule has 1 N–H and O–H groups in total. The minimum atomic E-state index is -0.208. The van der Waals surface area contributed by atoms with Crippen LogP contribution in [0.3, 0.4) is 0 Å². The van der Waals surface area contributed by atoms with Crippen molar-refractivity contribution in [2.24, 2.45) is 5.92 Å². The second-order valence-electron chi connectivity index (χ2n) is 7.92. The molecule has 30 heavy (non-hydrogen) atoms. The van der Waals surface area contributed by atoms with Crippen LogP contribution in [0.25, 0.3) is 0 Å². The highest BCUT2D eigenvalue weighted by atomic mass is 32.2. The monoisotopic (exact) mass is 422 g/mol. The third kappa shape index (κ3) is 5.30. The lowest BCUT2D eigenvalue weighted by atomic mass is 10.0. The van der Waals surface area contributed by atoms with E-state index in [1.54, 1.807) is 11.8 Å². The molecular weight excluding hydrogens is 392 g/mol. The van der Waals surface area contributed by atoms with Crippen molar-refractivity contribution >= 4 is 17.7 Å². The molecule has 0 bridgehead atoms. The lowest BCUT2D eigenvalue weighted by Gasteiger charge is -2.22. The van der Waals surface area contributed by atoms with Gasteiger partial charge in [-0.3, -0.25) is 4.79 Å². The van der Waals surface area contributed by atoms with Crippen molar-refractivity contribution < 1.29 is 4.79 Å². The Labute approximate surface area is 183 Å². The van der Waals surface area contributed by atoms with Crippen LogP contribution in [0.4, 0.5) is 0 Å². The topological polar surface area (TPSA) is 59.8 Å². The predicted octanol–water partition coefficient (Wildman–Crippen LogP) is 5.33. The Balaban J connectivity index is 1.78. The van der Waals surface area contributed by atoms with Crippen LogP contribution in [0.5, 0.6) is 0 Å². The summed E-state index contributed by atoms with van der Waals surface area (Å²) in [5.41, 5.74) is 4.30. The number of aryl methyl sites for hydroxylation is 2. The summed E-state index contributed by atoms with van der Waals surface area (Å²) in [5, 5.41) is 13.0. The zero-order chi connectivity index (χ0) is 21.7. The Morgan fingerprint density at radius 1 is 1.00 bits per heavy atom. The van der Waals surface area contributed by atoms with Crippen molar-refractivity contribution in [3.63, 3.8) is 0 Å². The van der Waals surface area contributed by atoms with Gasteiger partial charge in [0, 0.05) is 17.9 Å². The second kappa shape index (κ2) is 9.94. The molecule has 0 fully saturated rings. The van der Waals surface area contributed by atoms with E-state index in [0.717, 1.165) is 28.8 Å². The summed E-state index contributed by atoms with van der Waals surface area (Å²) < 4.78 is 2.11. The van der Waals surface area contributed by atoms with Crippen molar-refractivity contribution in [2.45, 2.75) is 58.1 Å². The molecule has 5 nitrogen and oxygen atoms in total. The minimum Gasteiger partial charge on any atom is -0.342 e. The Bertz CT molecular complexity index is 977. The maximum absolute atomic E-state index is 12.8. The smallest absolute Gasteiger partial charge is 0.251 e. The highest BCUT2D eigenvalue weighted by Crippen LogP contribution is 2.27. The standard InChI is InChI=1S/C24H30N4OS/c1-6-28-22(26-27-24(28)30-15-19-11-7-17(4)8-12-19)21(16(2)3)25-23(29)20-13-9-18(5)10-14-20/h7-14,16,21H,6,15H2,1-5H3,(H,25,29)/t21-/m1/s1. The number of benzene rings is 2. The number of hydrogen-bond donors (Lipinski definition) is 1. The molecule has 1 atom stereocenters. The van der Waals surface area contributed by atoms with Crippen LogP contribution < -0.4 is 5.32 Å². The molecule has 0 unspecified atom stereocenters. The van der Waals surface area contributed by atoms with E-state index < -0.39 is 0 Å². The van der Waals surface area contributed by atoms with E-state index in [9.17, 15) is 4.79 Å². The first-order chi connectivity index (χ1) is 14.4. The molecule has 0 aliphatic heterocycles. The van der Waals surface area contributed by atoms with Crippen LogP contribution in [-0.2, 0) is 12.3 Å². The molecule has 2 aromatic carbocycles.